The molecule has 0 atom stereocenters. The van der Waals surface area contributed by atoms with E-state index in [0.717, 1.165) is 23.2 Å². The molecule has 1 aliphatic rings. The first-order chi connectivity index (χ1) is 5.79. The number of pyridine rings is 1. The van der Waals surface area contributed by atoms with E-state index in [2.05, 4.69) is 4.98 Å². The Morgan fingerprint density at radius 1 is 1.58 bits per heavy atom. The molecule has 1 aromatic rings. The second-order valence-electron chi connectivity index (χ2n) is 2.78. The third kappa shape index (κ3) is 0.940. The van der Waals surface area contributed by atoms with E-state index in [0.29, 0.717) is 5.69 Å². The molecule has 0 aliphatic heterocycles. The van der Waals surface area contributed by atoms with Gasteiger partial charge in [-0.05, 0) is 23.3 Å². The van der Waals surface area contributed by atoms with Crippen LogP contribution in [0, 0.1) is 11.3 Å². The number of hydrogen-bond donors (Lipinski definition) is 1. The van der Waals surface area contributed by atoms with E-state index in [1.807, 2.05) is 12.1 Å². The van der Waals surface area contributed by atoms with Gasteiger partial charge in [-0.3, -0.25) is 0 Å². The van der Waals surface area contributed by atoms with Gasteiger partial charge in [0, 0.05) is 18.3 Å². The summed E-state index contributed by atoms with van der Waals surface area (Å²) in [5.74, 6) is 0. The van der Waals surface area contributed by atoms with Crippen LogP contribution in [0.3, 0.4) is 0 Å². The Labute approximate surface area is 70.1 Å². The smallest absolute Gasteiger partial charge is 0.140 e. The Bertz CT molecular complexity index is 399. The number of hydrogen-bond acceptors (Lipinski definition) is 3. The van der Waals surface area contributed by atoms with Crippen molar-refractivity contribution >= 4 is 6.08 Å². The lowest BCUT2D eigenvalue weighted by Gasteiger charge is -1.96. The van der Waals surface area contributed by atoms with Gasteiger partial charge in [0.05, 0.1) is 0 Å². The fourth-order valence-electron chi connectivity index (χ4n) is 1.32. The van der Waals surface area contributed by atoms with Gasteiger partial charge < -0.3 is 5.73 Å². The number of nitrogens with two attached hydrogens (primary N) is 1. The van der Waals surface area contributed by atoms with Gasteiger partial charge in [0.2, 0.25) is 0 Å². The molecule has 3 heteroatoms. The van der Waals surface area contributed by atoms with Crippen LogP contribution < -0.4 is 5.73 Å². The summed E-state index contributed by atoms with van der Waals surface area (Å²) in [6.45, 7) is 0. The minimum Gasteiger partial charge on any atom is -0.402 e. The van der Waals surface area contributed by atoms with Gasteiger partial charge in [0.25, 0.3) is 0 Å². The molecule has 2 N–H and O–H groups in total. The number of allylic oxidation sites excluding steroid dienone is 1. The Morgan fingerprint density at radius 3 is 3.17 bits per heavy atom. The van der Waals surface area contributed by atoms with Crippen LogP contribution >= 0.6 is 0 Å². The first-order valence-corrected chi connectivity index (χ1v) is 3.64. The van der Waals surface area contributed by atoms with Crippen LogP contribution in [0.15, 0.2) is 18.0 Å². The van der Waals surface area contributed by atoms with Gasteiger partial charge in [0.1, 0.15) is 11.8 Å². The highest BCUT2D eigenvalue weighted by Crippen LogP contribution is 2.21. The summed E-state index contributed by atoms with van der Waals surface area (Å²) in [4.78, 5) is 3.94. The lowest BCUT2D eigenvalue weighted by molar-refractivity contribution is 1.13. The maximum atomic E-state index is 8.57. The molecule has 0 fully saturated rings. The standard InChI is InChI=1S/C9H7N3/c10-4-9-3-6-1-8(11)2-7(6)5-12-9/h2-3,5H,1,11H2. The van der Waals surface area contributed by atoms with Gasteiger partial charge >= 0.3 is 0 Å². The Morgan fingerprint density at radius 2 is 2.42 bits per heavy atom. The zero-order chi connectivity index (χ0) is 8.55. The van der Waals surface area contributed by atoms with Crippen molar-refractivity contribution < 1.29 is 0 Å². The van der Waals surface area contributed by atoms with Crippen LogP contribution in [0.1, 0.15) is 16.8 Å². The van der Waals surface area contributed by atoms with Gasteiger partial charge in [-0.2, -0.15) is 5.26 Å². The topological polar surface area (TPSA) is 62.7 Å². The Balaban J connectivity index is 2.51. The second-order valence-corrected chi connectivity index (χ2v) is 2.78. The van der Waals surface area contributed by atoms with Gasteiger partial charge in [-0.1, -0.05) is 0 Å². The van der Waals surface area contributed by atoms with Crippen molar-refractivity contribution in [2.45, 2.75) is 6.42 Å². The van der Waals surface area contributed by atoms with Crippen molar-refractivity contribution in [3.05, 3.63) is 34.8 Å². The summed E-state index contributed by atoms with van der Waals surface area (Å²) in [6, 6.07) is 3.78. The number of rotatable bonds is 0. The molecule has 1 heterocycles. The van der Waals surface area contributed by atoms with Crippen molar-refractivity contribution in [1.29, 1.82) is 5.26 Å². The Kier molecular flexibility index (Phi) is 1.34. The zero-order valence-electron chi connectivity index (χ0n) is 6.41. The maximum Gasteiger partial charge on any atom is 0.140 e. The van der Waals surface area contributed by atoms with E-state index < -0.39 is 0 Å². The fraction of sp³-hybridized carbons (Fsp3) is 0.111. The monoisotopic (exact) mass is 157 g/mol. The molecule has 0 saturated carbocycles. The lowest BCUT2D eigenvalue weighted by Crippen LogP contribution is -1.95. The van der Waals surface area contributed by atoms with Crippen molar-refractivity contribution in [2.24, 2.45) is 5.73 Å². The molecule has 58 valence electrons. The van der Waals surface area contributed by atoms with Gasteiger partial charge in [0.15, 0.2) is 0 Å². The maximum absolute atomic E-state index is 8.57. The molecule has 2 rings (SSSR count). The molecule has 0 unspecified atom stereocenters. The van der Waals surface area contributed by atoms with Crippen LogP contribution in [-0.4, -0.2) is 4.98 Å². The molecular weight excluding hydrogens is 150 g/mol. The van der Waals surface area contributed by atoms with Gasteiger partial charge in [-0.25, -0.2) is 4.98 Å². The third-order valence-electron chi connectivity index (χ3n) is 1.87. The van der Waals surface area contributed by atoms with Gasteiger partial charge in [-0.15, -0.1) is 0 Å². The van der Waals surface area contributed by atoms with E-state index in [4.69, 9.17) is 11.0 Å². The molecule has 0 amide bonds. The molecule has 0 radical (unpaired) electrons. The summed E-state index contributed by atoms with van der Waals surface area (Å²) in [7, 11) is 0. The first kappa shape index (κ1) is 6.86. The summed E-state index contributed by atoms with van der Waals surface area (Å²) < 4.78 is 0. The average molecular weight is 157 g/mol. The molecule has 3 nitrogen and oxygen atoms in total. The molecule has 1 aliphatic carbocycles. The normalized spacial score (nSPS) is 13.4. The van der Waals surface area contributed by atoms with Crippen molar-refractivity contribution in [3.63, 3.8) is 0 Å². The Hall–Kier alpha value is -1.82. The van der Waals surface area contributed by atoms with Crippen molar-refractivity contribution in [2.75, 3.05) is 0 Å². The minimum atomic E-state index is 0.455. The molecule has 12 heavy (non-hydrogen) atoms. The summed E-state index contributed by atoms with van der Waals surface area (Å²) in [5, 5.41) is 8.57. The average Bonchev–Trinajstić information content (AvgIpc) is 2.43. The number of aromatic nitrogens is 1. The molecule has 0 bridgehead atoms. The highest BCUT2D eigenvalue weighted by atomic mass is 14.7. The number of nitrogens with zero attached hydrogens (tertiary/aromatic N) is 2. The first-order valence-electron chi connectivity index (χ1n) is 3.64. The van der Waals surface area contributed by atoms with Crippen LogP contribution in [0.25, 0.3) is 6.08 Å². The molecule has 0 saturated heterocycles. The zero-order valence-corrected chi connectivity index (χ0v) is 6.41. The van der Waals surface area contributed by atoms with Crippen LogP contribution in [-0.2, 0) is 6.42 Å². The predicted octanol–water partition coefficient (Wildman–Crippen LogP) is 0.809. The lowest BCUT2D eigenvalue weighted by atomic mass is 10.1. The molecule has 0 aromatic carbocycles. The van der Waals surface area contributed by atoms with Crippen molar-refractivity contribution in [1.82, 2.24) is 4.98 Å². The summed E-state index contributed by atoms with van der Waals surface area (Å²) in [6.07, 6.45) is 4.32. The summed E-state index contributed by atoms with van der Waals surface area (Å²) >= 11 is 0. The second kappa shape index (κ2) is 2.35. The van der Waals surface area contributed by atoms with Crippen LogP contribution in [0.5, 0.6) is 0 Å². The van der Waals surface area contributed by atoms with Crippen LogP contribution in [0.2, 0.25) is 0 Å². The summed E-state index contributed by atoms with van der Waals surface area (Å²) in [5.41, 5.74) is 9.05. The highest BCUT2D eigenvalue weighted by molar-refractivity contribution is 5.62. The predicted molar refractivity (Wildman–Crippen MR) is 44.8 cm³/mol. The fourth-order valence-corrected chi connectivity index (χ4v) is 1.32. The van der Waals surface area contributed by atoms with E-state index in [1.54, 1.807) is 12.3 Å². The highest BCUT2D eigenvalue weighted by Gasteiger charge is 2.10. The molecule has 1 aromatic heterocycles. The van der Waals surface area contributed by atoms with Crippen LogP contribution in [0.4, 0.5) is 0 Å². The van der Waals surface area contributed by atoms with E-state index in [-0.39, 0.29) is 0 Å². The number of fused-ring (bicyclic) bond motifs is 1. The molecule has 0 spiro atoms. The van der Waals surface area contributed by atoms with E-state index >= 15 is 0 Å². The van der Waals surface area contributed by atoms with E-state index in [9.17, 15) is 0 Å². The minimum absolute atomic E-state index is 0.455. The molecular formula is C9H7N3. The largest absolute Gasteiger partial charge is 0.402 e. The number of nitriles is 1. The third-order valence-corrected chi connectivity index (χ3v) is 1.87. The van der Waals surface area contributed by atoms with E-state index in [1.165, 1.54) is 0 Å². The van der Waals surface area contributed by atoms with Crippen molar-refractivity contribution in [3.8, 4) is 6.07 Å². The SMILES string of the molecule is N#Cc1cc2c(cn1)C=C(N)C2. The quantitative estimate of drug-likeness (QED) is 0.606.